The number of ether oxygens (including phenoxy) is 1. The maximum absolute atomic E-state index is 5.35. The van der Waals surface area contributed by atoms with Gasteiger partial charge in [0.1, 0.15) is 5.75 Å². The normalized spacial score (nSPS) is 18.5. The SMILES string of the molecule is COc1cccc(C(CN(C)C)N2CCNCC2)c1. The zero-order valence-electron chi connectivity index (χ0n) is 12.2. The van der Waals surface area contributed by atoms with Gasteiger partial charge in [0.15, 0.2) is 0 Å². The van der Waals surface area contributed by atoms with Crippen LogP contribution in [0.15, 0.2) is 24.3 Å². The van der Waals surface area contributed by atoms with Crippen molar-refractivity contribution in [2.45, 2.75) is 6.04 Å². The number of methoxy groups -OCH3 is 1. The van der Waals surface area contributed by atoms with Gasteiger partial charge < -0.3 is 15.0 Å². The molecule has 19 heavy (non-hydrogen) atoms. The second-order valence-corrected chi connectivity index (χ2v) is 5.34. The summed E-state index contributed by atoms with van der Waals surface area (Å²) >= 11 is 0. The maximum Gasteiger partial charge on any atom is 0.119 e. The van der Waals surface area contributed by atoms with E-state index in [4.69, 9.17) is 4.74 Å². The zero-order chi connectivity index (χ0) is 13.7. The molecule has 0 saturated carbocycles. The summed E-state index contributed by atoms with van der Waals surface area (Å²) in [5.74, 6) is 0.941. The number of nitrogens with zero attached hydrogens (tertiary/aromatic N) is 2. The Hall–Kier alpha value is -1.10. The standard InChI is InChI=1S/C15H25N3O/c1-17(2)12-15(18-9-7-16-8-10-18)13-5-4-6-14(11-13)19-3/h4-6,11,15-16H,7-10,12H2,1-3H3. The van der Waals surface area contributed by atoms with E-state index in [-0.39, 0.29) is 0 Å². The Labute approximate surface area is 116 Å². The van der Waals surface area contributed by atoms with Crippen molar-refractivity contribution in [1.82, 2.24) is 15.1 Å². The van der Waals surface area contributed by atoms with Crippen molar-refractivity contribution in [3.05, 3.63) is 29.8 Å². The van der Waals surface area contributed by atoms with E-state index in [9.17, 15) is 0 Å². The van der Waals surface area contributed by atoms with Crippen LogP contribution in [-0.2, 0) is 0 Å². The van der Waals surface area contributed by atoms with Crippen LogP contribution >= 0.6 is 0 Å². The van der Waals surface area contributed by atoms with E-state index in [0.717, 1.165) is 38.5 Å². The molecule has 1 aliphatic heterocycles. The highest BCUT2D eigenvalue weighted by Crippen LogP contribution is 2.25. The number of hydrogen-bond acceptors (Lipinski definition) is 4. The highest BCUT2D eigenvalue weighted by Gasteiger charge is 2.22. The van der Waals surface area contributed by atoms with Gasteiger partial charge in [0.2, 0.25) is 0 Å². The third kappa shape index (κ3) is 3.93. The van der Waals surface area contributed by atoms with Crippen LogP contribution in [-0.4, -0.2) is 63.7 Å². The topological polar surface area (TPSA) is 27.7 Å². The summed E-state index contributed by atoms with van der Waals surface area (Å²) < 4.78 is 5.35. The lowest BCUT2D eigenvalue weighted by Gasteiger charge is -2.36. The maximum atomic E-state index is 5.35. The molecule has 106 valence electrons. The lowest BCUT2D eigenvalue weighted by atomic mass is 10.0. The van der Waals surface area contributed by atoms with Crippen molar-refractivity contribution in [2.24, 2.45) is 0 Å². The van der Waals surface area contributed by atoms with Crippen molar-refractivity contribution in [3.8, 4) is 5.75 Å². The molecule has 0 radical (unpaired) electrons. The summed E-state index contributed by atoms with van der Waals surface area (Å²) in [7, 11) is 6.00. The van der Waals surface area contributed by atoms with Gasteiger partial charge in [-0.3, -0.25) is 4.90 Å². The molecule has 1 N–H and O–H groups in total. The first kappa shape index (κ1) is 14.3. The predicted octanol–water partition coefficient (Wildman–Crippen LogP) is 1.20. The van der Waals surface area contributed by atoms with Gasteiger partial charge in [0, 0.05) is 38.8 Å². The molecule has 4 heteroatoms. The molecule has 2 rings (SSSR count). The van der Waals surface area contributed by atoms with Gasteiger partial charge in [0.25, 0.3) is 0 Å². The highest BCUT2D eigenvalue weighted by atomic mass is 16.5. The fraction of sp³-hybridized carbons (Fsp3) is 0.600. The van der Waals surface area contributed by atoms with Crippen molar-refractivity contribution in [2.75, 3.05) is 53.9 Å². The van der Waals surface area contributed by atoms with Gasteiger partial charge in [-0.25, -0.2) is 0 Å². The summed E-state index contributed by atoms with van der Waals surface area (Å²) in [5, 5.41) is 3.42. The smallest absolute Gasteiger partial charge is 0.119 e. The average molecular weight is 263 g/mol. The van der Waals surface area contributed by atoms with Gasteiger partial charge in [-0.15, -0.1) is 0 Å². The van der Waals surface area contributed by atoms with Crippen LogP contribution in [0.4, 0.5) is 0 Å². The van der Waals surface area contributed by atoms with Crippen molar-refractivity contribution in [1.29, 1.82) is 0 Å². The number of nitrogens with one attached hydrogen (secondary N) is 1. The first-order chi connectivity index (χ1) is 9.20. The second-order valence-electron chi connectivity index (χ2n) is 5.34. The fourth-order valence-corrected chi connectivity index (χ4v) is 2.62. The van der Waals surface area contributed by atoms with E-state index in [2.05, 4.69) is 47.4 Å². The molecule has 1 saturated heterocycles. The van der Waals surface area contributed by atoms with Gasteiger partial charge in [0.05, 0.1) is 7.11 Å². The summed E-state index contributed by atoms with van der Waals surface area (Å²) in [4.78, 5) is 4.82. The Morgan fingerprint density at radius 2 is 2.05 bits per heavy atom. The Kier molecular flexibility index (Phi) is 5.19. The third-order valence-corrected chi connectivity index (χ3v) is 3.61. The molecule has 0 aromatic heterocycles. The molecule has 4 nitrogen and oxygen atoms in total. The lowest BCUT2D eigenvalue weighted by molar-refractivity contribution is 0.144. The van der Waals surface area contributed by atoms with Gasteiger partial charge >= 0.3 is 0 Å². The number of likely N-dealkylation sites (N-methyl/N-ethyl adjacent to an activating group) is 1. The van der Waals surface area contributed by atoms with E-state index in [0.29, 0.717) is 6.04 Å². The van der Waals surface area contributed by atoms with Crippen LogP contribution in [0.1, 0.15) is 11.6 Å². The monoisotopic (exact) mass is 263 g/mol. The van der Waals surface area contributed by atoms with Crippen LogP contribution in [0.2, 0.25) is 0 Å². The second kappa shape index (κ2) is 6.89. The number of rotatable bonds is 5. The summed E-state index contributed by atoms with van der Waals surface area (Å²) in [6.07, 6.45) is 0. The largest absolute Gasteiger partial charge is 0.497 e. The molecule has 1 atom stereocenters. The van der Waals surface area contributed by atoms with Crippen molar-refractivity contribution in [3.63, 3.8) is 0 Å². The van der Waals surface area contributed by atoms with E-state index < -0.39 is 0 Å². The van der Waals surface area contributed by atoms with Crippen LogP contribution in [0.5, 0.6) is 5.75 Å². The Bertz CT molecular complexity index is 389. The lowest BCUT2D eigenvalue weighted by Crippen LogP contribution is -2.47. The average Bonchev–Trinajstić information content (AvgIpc) is 2.45. The summed E-state index contributed by atoms with van der Waals surface area (Å²) in [5.41, 5.74) is 1.34. The zero-order valence-corrected chi connectivity index (χ0v) is 12.2. The molecule has 1 fully saturated rings. The molecule has 1 aromatic carbocycles. The first-order valence-corrected chi connectivity index (χ1v) is 6.94. The highest BCUT2D eigenvalue weighted by molar-refractivity contribution is 5.31. The molecule has 1 aromatic rings. The molecule has 1 unspecified atom stereocenters. The number of benzene rings is 1. The third-order valence-electron chi connectivity index (χ3n) is 3.61. The number of piperazine rings is 1. The minimum absolute atomic E-state index is 0.437. The molecule has 1 heterocycles. The van der Waals surface area contributed by atoms with Crippen molar-refractivity contribution < 1.29 is 4.74 Å². The van der Waals surface area contributed by atoms with E-state index >= 15 is 0 Å². The van der Waals surface area contributed by atoms with Gasteiger partial charge in [-0.2, -0.15) is 0 Å². The predicted molar refractivity (Wildman–Crippen MR) is 78.7 cm³/mol. The quantitative estimate of drug-likeness (QED) is 0.864. The molecular weight excluding hydrogens is 238 g/mol. The Morgan fingerprint density at radius 3 is 2.68 bits per heavy atom. The molecule has 1 aliphatic rings. The molecule has 0 aliphatic carbocycles. The van der Waals surface area contributed by atoms with E-state index in [1.54, 1.807) is 7.11 Å². The van der Waals surface area contributed by atoms with E-state index in [1.165, 1.54) is 5.56 Å². The summed E-state index contributed by atoms with van der Waals surface area (Å²) in [6, 6.07) is 8.90. The minimum Gasteiger partial charge on any atom is -0.497 e. The van der Waals surface area contributed by atoms with Crippen LogP contribution in [0.3, 0.4) is 0 Å². The van der Waals surface area contributed by atoms with Crippen LogP contribution in [0, 0.1) is 0 Å². The molecule has 0 spiro atoms. The van der Waals surface area contributed by atoms with Gasteiger partial charge in [-0.1, -0.05) is 12.1 Å². The molecular formula is C15H25N3O. The first-order valence-electron chi connectivity index (χ1n) is 6.94. The molecule has 0 amide bonds. The Balaban J connectivity index is 2.19. The van der Waals surface area contributed by atoms with Crippen molar-refractivity contribution >= 4 is 0 Å². The minimum atomic E-state index is 0.437. The molecule has 0 bridgehead atoms. The number of hydrogen-bond donors (Lipinski definition) is 1. The van der Waals surface area contributed by atoms with Crippen LogP contribution in [0.25, 0.3) is 0 Å². The Morgan fingerprint density at radius 1 is 1.32 bits per heavy atom. The van der Waals surface area contributed by atoms with E-state index in [1.807, 2.05) is 6.07 Å². The van der Waals surface area contributed by atoms with Gasteiger partial charge in [-0.05, 0) is 31.8 Å². The van der Waals surface area contributed by atoms with Crippen LogP contribution < -0.4 is 10.1 Å². The summed E-state index contributed by atoms with van der Waals surface area (Å²) in [6.45, 7) is 5.40. The fourth-order valence-electron chi connectivity index (χ4n) is 2.62.